The number of anilines is 1. The van der Waals surface area contributed by atoms with Crippen LogP contribution in [-0.2, 0) is 4.79 Å². The van der Waals surface area contributed by atoms with E-state index in [1.165, 1.54) is 17.2 Å². The van der Waals surface area contributed by atoms with Crippen LogP contribution >= 0.6 is 15.9 Å². The summed E-state index contributed by atoms with van der Waals surface area (Å²) in [4.78, 5) is 18.9. The largest absolute Gasteiger partial charge is 0.347 e. The van der Waals surface area contributed by atoms with Crippen LogP contribution in [0.2, 0.25) is 0 Å². The van der Waals surface area contributed by atoms with Crippen molar-refractivity contribution in [3.63, 3.8) is 0 Å². The Hall–Kier alpha value is -1.17. The van der Waals surface area contributed by atoms with Crippen molar-refractivity contribution in [2.45, 2.75) is 13.3 Å². The van der Waals surface area contributed by atoms with E-state index in [2.05, 4.69) is 20.9 Å². The number of hydrogen-bond donors (Lipinski definition) is 0. The van der Waals surface area contributed by atoms with E-state index in [-0.39, 0.29) is 18.3 Å². The molecule has 4 nitrogen and oxygen atoms in total. The smallest absolute Gasteiger partial charge is 0.241 e. The Bertz CT molecular complexity index is 426. The number of rotatable bonds is 5. The van der Waals surface area contributed by atoms with E-state index < -0.39 is 5.82 Å². The zero-order chi connectivity index (χ0) is 13.7. The molecule has 1 heterocycles. The van der Waals surface area contributed by atoms with Gasteiger partial charge in [-0.3, -0.25) is 4.79 Å². The van der Waals surface area contributed by atoms with E-state index >= 15 is 0 Å². The lowest BCUT2D eigenvalue weighted by atomic mass is 10.3. The number of nitrogens with zero attached hydrogens (tertiary/aromatic N) is 3. The minimum atomic E-state index is -0.426. The maximum Gasteiger partial charge on any atom is 0.241 e. The first-order valence-electron chi connectivity index (χ1n) is 5.71. The van der Waals surface area contributed by atoms with Crippen molar-refractivity contribution in [3.05, 3.63) is 22.6 Å². The lowest BCUT2D eigenvalue weighted by molar-refractivity contribution is -0.127. The predicted molar refractivity (Wildman–Crippen MR) is 73.1 cm³/mol. The summed E-state index contributed by atoms with van der Waals surface area (Å²) in [5.74, 6) is -0.285. The first-order chi connectivity index (χ1) is 8.45. The molecule has 1 rings (SSSR count). The van der Waals surface area contributed by atoms with Crippen molar-refractivity contribution in [1.29, 1.82) is 0 Å². The summed E-state index contributed by atoms with van der Waals surface area (Å²) in [6, 6.07) is 1.35. The quantitative estimate of drug-likeness (QED) is 0.836. The summed E-state index contributed by atoms with van der Waals surface area (Å²) in [5, 5.41) is 0. The summed E-state index contributed by atoms with van der Waals surface area (Å²) in [6.45, 7) is 2.70. The number of hydrogen-bond acceptors (Lipinski definition) is 3. The van der Waals surface area contributed by atoms with Gasteiger partial charge in [-0.1, -0.05) is 6.92 Å². The molecule has 0 aliphatic rings. The Morgan fingerprint density at radius 1 is 1.50 bits per heavy atom. The zero-order valence-electron chi connectivity index (χ0n) is 10.8. The molecule has 0 bridgehead atoms. The monoisotopic (exact) mass is 317 g/mol. The van der Waals surface area contributed by atoms with Gasteiger partial charge in [0.2, 0.25) is 5.91 Å². The van der Waals surface area contributed by atoms with Crippen LogP contribution in [0.15, 0.2) is 16.7 Å². The van der Waals surface area contributed by atoms with E-state index in [4.69, 9.17) is 0 Å². The first kappa shape index (κ1) is 14.9. The number of pyridine rings is 1. The molecule has 0 saturated carbocycles. The van der Waals surface area contributed by atoms with Gasteiger partial charge in [0.05, 0.1) is 6.54 Å². The van der Waals surface area contributed by atoms with Crippen LogP contribution in [0.5, 0.6) is 0 Å². The zero-order valence-corrected chi connectivity index (χ0v) is 12.4. The molecule has 100 valence electrons. The lowest BCUT2D eigenvalue weighted by Gasteiger charge is -2.24. The van der Waals surface area contributed by atoms with Gasteiger partial charge in [0.25, 0.3) is 0 Å². The molecule has 0 radical (unpaired) electrons. The second-order valence-corrected chi connectivity index (χ2v) is 5.08. The van der Waals surface area contributed by atoms with Gasteiger partial charge in [0, 0.05) is 31.3 Å². The third-order valence-electron chi connectivity index (χ3n) is 2.41. The van der Waals surface area contributed by atoms with Crippen molar-refractivity contribution >= 4 is 27.7 Å². The highest BCUT2D eigenvalue weighted by atomic mass is 79.9. The fourth-order valence-electron chi connectivity index (χ4n) is 1.47. The Morgan fingerprint density at radius 2 is 2.17 bits per heavy atom. The highest BCUT2D eigenvalue weighted by Gasteiger charge is 2.17. The fraction of sp³-hybridized carbons (Fsp3) is 0.500. The van der Waals surface area contributed by atoms with Crippen molar-refractivity contribution in [3.8, 4) is 0 Å². The molecule has 0 aromatic carbocycles. The van der Waals surface area contributed by atoms with Crippen LogP contribution < -0.4 is 4.90 Å². The Kier molecular flexibility index (Phi) is 5.53. The summed E-state index contributed by atoms with van der Waals surface area (Å²) in [6.07, 6.45) is 2.35. The standard InChI is InChI=1S/C12H17BrFN3O/c1-4-5-17(8-11(18)16(2)3)12-10(14)6-9(13)7-15-12/h6-7H,4-5,8H2,1-3H3. The molecular formula is C12H17BrFN3O. The normalized spacial score (nSPS) is 10.3. The summed E-state index contributed by atoms with van der Waals surface area (Å²) in [7, 11) is 3.36. The molecule has 0 aliphatic heterocycles. The molecule has 0 saturated heterocycles. The van der Waals surface area contributed by atoms with Crippen LogP contribution in [0.4, 0.5) is 10.2 Å². The Labute approximate surface area is 115 Å². The number of carbonyl (C=O) groups is 1. The van der Waals surface area contributed by atoms with Crippen molar-refractivity contribution < 1.29 is 9.18 Å². The third-order valence-corrected chi connectivity index (χ3v) is 2.84. The van der Waals surface area contributed by atoms with Gasteiger partial charge >= 0.3 is 0 Å². The lowest BCUT2D eigenvalue weighted by Crippen LogP contribution is -2.38. The van der Waals surface area contributed by atoms with E-state index in [9.17, 15) is 9.18 Å². The van der Waals surface area contributed by atoms with Crippen molar-refractivity contribution in [2.24, 2.45) is 0 Å². The number of halogens is 2. The second-order valence-electron chi connectivity index (χ2n) is 4.17. The molecule has 18 heavy (non-hydrogen) atoms. The molecule has 1 amide bonds. The van der Waals surface area contributed by atoms with Gasteiger partial charge < -0.3 is 9.80 Å². The molecule has 0 unspecified atom stereocenters. The molecular weight excluding hydrogens is 301 g/mol. The van der Waals surface area contributed by atoms with E-state index in [0.29, 0.717) is 11.0 Å². The van der Waals surface area contributed by atoms with Crippen molar-refractivity contribution in [1.82, 2.24) is 9.88 Å². The average molecular weight is 318 g/mol. The predicted octanol–water partition coefficient (Wildman–Crippen LogP) is 2.29. The number of amides is 1. The Balaban J connectivity index is 2.93. The maximum atomic E-state index is 13.8. The van der Waals surface area contributed by atoms with E-state index in [0.717, 1.165) is 6.42 Å². The van der Waals surface area contributed by atoms with Gasteiger partial charge in [-0.25, -0.2) is 9.37 Å². The third kappa shape index (κ3) is 3.94. The molecule has 0 fully saturated rings. The Morgan fingerprint density at radius 3 is 2.67 bits per heavy atom. The highest BCUT2D eigenvalue weighted by Crippen LogP contribution is 2.20. The number of aromatic nitrogens is 1. The molecule has 0 atom stereocenters. The topological polar surface area (TPSA) is 36.4 Å². The molecule has 0 aliphatic carbocycles. The van der Waals surface area contributed by atoms with Crippen LogP contribution in [0.3, 0.4) is 0 Å². The van der Waals surface area contributed by atoms with Gasteiger partial charge in [-0.05, 0) is 28.4 Å². The minimum absolute atomic E-state index is 0.0763. The van der Waals surface area contributed by atoms with Crippen LogP contribution in [0.25, 0.3) is 0 Å². The SMILES string of the molecule is CCCN(CC(=O)N(C)C)c1ncc(Br)cc1F. The molecule has 1 aromatic rings. The average Bonchev–Trinajstić information content (AvgIpc) is 2.28. The fourth-order valence-corrected chi connectivity index (χ4v) is 1.78. The van der Waals surface area contributed by atoms with E-state index in [1.54, 1.807) is 19.0 Å². The highest BCUT2D eigenvalue weighted by molar-refractivity contribution is 9.10. The summed E-state index contributed by atoms with van der Waals surface area (Å²) >= 11 is 3.16. The molecule has 6 heteroatoms. The van der Waals surface area contributed by atoms with Crippen LogP contribution in [0.1, 0.15) is 13.3 Å². The second kappa shape index (κ2) is 6.68. The van der Waals surface area contributed by atoms with E-state index in [1.807, 2.05) is 6.92 Å². The van der Waals surface area contributed by atoms with Gasteiger partial charge in [-0.15, -0.1) is 0 Å². The maximum absolute atomic E-state index is 13.8. The van der Waals surface area contributed by atoms with Crippen LogP contribution in [0, 0.1) is 5.82 Å². The number of likely N-dealkylation sites (N-methyl/N-ethyl adjacent to an activating group) is 1. The first-order valence-corrected chi connectivity index (χ1v) is 6.51. The van der Waals surface area contributed by atoms with Gasteiger partial charge in [0.15, 0.2) is 11.6 Å². The van der Waals surface area contributed by atoms with Crippen LogP contribution in [-0.4, -0.2) is 43.0 Å². The van der Waals surface area contributed by atoms with Crippen molar-refractivity contribution in [2.75, 3.05) is 32.1 Å². The summed E-state index contributed by atoms with van der Waals surface area (Å²) in [5.41, 5.74) is 0. The molecule has 0 N–H and O–H groups in total. The molecule has 1 aromatic heterocycles. The minimum Gasteiger partial charge on any atom is -0.347 e. The summed E-state index contributed by atoms with van der Waals surface area (Å²) < 4.78 is 14.4. The molecule has 0 spiro atoms. The van der Waals surface area contributed by atoms with Gasteiger partial charge in [0.1, 0.15) is 0 Å². The van der Waals surface area contributed by atoms with Gasteiger partial charge in [-0.2, -0.15) is 0 Å². The number of carbonyl (C=O) groups excluding carboxylic acids is 1.